The number of nitrogens with one attached hydrogen (secondary N) is 1. The summed E-state index contributed by atoms with van der Waals surface area (Å²) in [6.07, 6.45) is 0. The minimum absolute atomic E-state index is 0.440. The first-order chi connectivity index (χ1) is 7.81. The van der Waals surface area contributed by atoms with Crippen LogP contribution in [0, 0.1) is 0 Å². The molecular weight excluding hydrogens is 238 g/mol. The SMILES string of the molecule is CCS(=O)CCNC1CSc2ccccc21. The molecule has 88 valence electrons. The Bertz CT molecular complexity index is 381. The van der Waals surface area contributed by atoms with E-state index in [1.807, 2.05) is 18.7 Å². The molecule has 1 aliphatic heterocycles. The van der Waals surface area contributed by atoms with Gasteiger partial charge in [-0.05, 0) is 11.6 Å². The molecule has 1 N–H and O–H groups in total. The van der Waals surface area contributed by atoms with Crippen molar-refractivity contribution >= 4 is 22.6 Å². The van der Waals surface area contributed by atoms with Crippen molar-refractivity contribution < 1.29 is 4.21 Å². The fraction of sp³-hybridized carbons (Fsp3) is 0.500. The van der Waals surface area contributed by atoms with E-state index < -0.39 is 10.8 Å². The van der Waals surface area contributed by atoms with Gasteiger partial charge in [0.15, 0.2) is 0 Å². The predicted octanol–water partition coefficient (Wildman–Crippen LogP) is 2.19. The van der Waals surface area contributed by atoms with Crippen molar-refractivity contribution in [2.75, 3.05) is 23.8 Å². The van der Waals surface area contributed by atoms with E-state index >= 15 is 0 Å². The largest absolute Gasteiger partial charge is 0.308 e. The van der Waals surface area contributed by atoms with Crippen LogP contribution in [0.1, 0.15) is 18.5 Å². The van der Waals surface area contributed by atoms with E-state index in [2.05, 4.69) is 29.6 Å². The Kier molecular flexibility index (Phi) is 4.44. The molecule has 0 radical (unpaired) electrons. The summed E-state index contributed by atoms with van der Waals surface area (Å²) in [6, 6.07) is 8.97. The predicted molar refractivity (Wildman–Crippen MR) is 71.5 cm³/mol. The second-order valence-electron chi connectivity index (χ2n) is 3.79. The number of thioether (sulfide) groups is 1. The van der Waals surface area contributed by atoms with Gasteiger partial charge in [-0.1, -0.05) is 25.1 Å². The fourth-order valence-electron chi connectivity index (χ4n) is 1.82. The van der Waals surface area contributed by atoms with Gasteiger partial charge in [-0.25, -0.2) is 0 Å². The molecular formula is C12H17NOS2. The highest BCUT2D eigenvalue weighted by molar-refractivity contribution is 7.99. The maximum absolute atomic E-state index is 11.3. The van der Waals surface area contributed by atoms with E-state index in [9.17, 15) is 4.21 Å². The van der Waals surface area contributed by atoms with Crippen molar-refractivity contribution in [2.45, 2.75) is 17.9 Å². The molecule has 1 aromatic rings. The van der Waals surface area contributed by atoms with Crippen LogP contribution in [0.25, 0.3) is 0 Å². The monoisotopic (exact) mass is 255 g/mol. The number of benzene rings is 1. The lowest BCUT2D eigenvalue weighted by atomic mass is 10.1. The number of rotatable bonds is 5. The van der Waals surface area contributed by atoms with Gasteiger partial charge in [0.05, 0.1) is 0 Å². The van der Waals surface area contributed by atoms with Gasteiger partial charge < -0.3 is 5.32 Å². The molecule has 0 aliphatic carbocycles. The Hall–Kier alpha value is -0.320. The molecule has 4 heteroatoms. The highest BCUT2D eigenvalue weighted by atomic mass is 32.2. The lowest BCUT2D eigenvalue weighted by Gasteiger charge is -2.12. The molecule has 1 aromatic carbocycles. The first kappa shape index (κ1) is 12.1. The zero-order valence-electron chi connectivity index (χ0n) is 9.44. The average molecular weight is 255 g/mol. The molecule has 0 fully saturated rings. The summed E-state index contributed by atoms with van der Waals surface area (Å²) in [5.74, 6) is 2.62. The average Bonchev–Trinajstić information content (AvgIpc) is 2.73. The van der Waals surface area contributed by atoms with Gasteiger partial charge >= 0.3 is 0 Å². The quantitative estimate of drug-likeness (QED) is 0.874. The number of fused-ring (bicyclic) bond motifs is 1. The van der Waals surface area contributed by atoms with Crippen molar-refractivity contribution in [3.05, 3.63) is 29.8 Å². The second kappa shape index (κ2) is 5.84. The van der Waals surface area contributed by atoms with Crippen molar-refractivity contribution in [2.24, 2.45) is 0 Å². The third-order valence-electron chi connectivity index (χ3n) is 2.74. The molecule has 0 bridgehead atoms. The normalized spacial score (nSPS) is 20.7. The molecule has 2 rings (SSSR count). The first-order valence-electron chi connectivity index (χ1n) is 5.61. The summed E-state index contributed by atoms with van der Waals surface area (Å²) in [6.45, 7) is 2.82. The molecule has 16 heavy (non-hydrogen) atoms. The van der Waals surface area contributed by atoms with Crippen molar-refractivity contribution in [3.8, 4) is 0 Å². The molecule has 2 atom stereocenters. The Morgan fingerprint density at radius 1 is 1.50 bits per heavy atom. The smallest absolute Gasteiger partial charge is 0.0426 e. The molecule has 1 aliphatic rings. The summed E-state index contributed by atoms with van der Waals surface area (Å²) < 4.78 is 11.3. The zero-order chi connectivity index (χ0) is 11.4. The van der Waals surface area contributed by atoms with Crippen LogP contribution in [0.15, 0.2) is 29.2 Å². The second-order valence-corrected chi connectivity index (χ2v) is 6.72. The standard InChI is InChI=1S/C12H17NOS2/c1-2-16(14)8-7-13-11-9-15-12-6-4-3-5-10(11)12/h3-6,11,13H,2,7-9H2,1H3. The van der Waals surface area contributed by atoms with Gasteiger partial charge in [0, 0.05) is 45.5 Å². The highest BCUT2D eigenvalue weighted by Crippen LogP contribution is 2.37. The van der Waals surface area contributed by atoms with Crippen LogP contribution in [-0.4, -0.2) is 28.0 Å². The van der Waals surface area contributed by atoms with Gasteiger partial charge in [-0.2, -0.15) is 0 Å². The summed E-state index contributed by atoms with van der Waals surface area (Å²) >= 11 is 1.90. The first-order valence-corrected chi connectivity index (χ1v) is 8.08. The van der Waals surface area contributed by atoms with Crippen LogP contribution < -0.4 is 5.32 Å². The summed E-state index contributed by atoms with van der Waals surface area (Å²) in [5.41, 5.74) is 1.40. The Morgan fingerprint density at radius 2 is 2.31 bits per heavy atom. The van der Waals surface area contributed by atoms with Crippen molar-refractivity contribution in [1.82, 2.24) is 5.32 Å². The van der Waals surface area contributed by atoms with E-state index in [0.29, 0.717) is 6.04 Å². The van der Waals surface area contributed by atoms with Crippen LogP contribution in [0.2, 0.25) is 0 Å². The van der Waals surface area contributed by atoms with E-state index in [-0.39, 0.29) is 0 Å². The maximum Gasteiger partial charge on any atom is 0.0426 e. The van der Waals surface area contributed by atoms with Gasteiger partial charge in [-0.15, -0.1) is 11.8 Å². The van der Waals surface area contributed by atoms with Crippen LogP contribution in [0.5, 0.6) is 0 Å². The lowest BCUT2D eigenvalue weighted by Crippen LogP contribution is -2.26. The molecule has 0 spiro atoms. The van der Waals surface area contributed by atoms with Gasteiger partial charge in [-0.3, -0.25) is 4.21 Å². The van der Waals surface area contributed by atoms with Crippen LogP contribution in [-0.2, 0) is 10.8 Å². The van der Waals surface area contributed by atoms with E-state index in [0.717, 1.165) is 23.8 Å². The fourth-order valence-corrected chi connectivity index (χ4v) is 3.65. The topological polar surface area (TPSA) is 29.1 Å². The lowest BCUT2D eigenvalue weighted by molar-refractivity contribution is 0.605. The van der Waals surface area contributed by atoms with Crippen molar-refractivity contribution in [1.29, 1.82) is 0 Å². The van der Waals surface area contributed by atoms with E-state index in [1.54, 1.807) is 0 Å². The molecule has 0 amide bonds. The number of hydrogen-bond acceptors (Lipinski definition) is 3. The molecule has 0 aromatic heterocycles. The summed E-state index contributed by atoms with van der Waals surface area (Å²) in [7, 11) is -0.654. The molecule has 1 heterocycles. The third-order valence-corrected chi connectivity index (χ3v) is 5.23. The van der Waals surface area contributed by atoms with Gasteiger partial charge in [0.2, 0.25) is 0 Å². The minimum atomic E-state index is -0.654. The Balaban J connectivity index is 1.86. The van der Waals surface area contributed by atoms with Gasteiger partial charge in [0.1, 0.15) is 0 Å². The van der Waals surface area contributed by atoms with E-state index in [1.165, 1.54) is 10.5 Å². The molecule has 2 unspecified atom stereocenters. The summed E-state index contributed by atoms with van der Waals surface area (Å²) in [4.78, 5) is 1.39. The van der Waals surface area contributed by atoms with Crippen LogP contribution >= 0.6 is 11.8 Å². The minimum Gasteiger partial charge on any atom is -0.308 e. The van der Waals surface area contributed by atoms with Crippen LogP contribution in [0.4, 0.5) is 0 Å². The zero-order valence-corrected chi connectivity index (χ0v) is 11.1. The molecule has 2 nitrogen and oxygen atoms in total. The summed E-state index contributed by atoms with van der Waals surface area (Å²) in [5, 5.41) is 3.49. The van der Waals surface area contributed by atoms with Crippen molar-refractivity contribution in [3.63, 3.8) is 0 Å². The third kappa shape index (κ3) is 2.87. The highest BCUT2D eigenvalue weighted by Gasteiger charge is 2.21. The Morgan fingerprint density at radius 3 is 3.12 bits per heavy atom. The molecule has 0 saturated heterocycles. The Labute approximate surface area is 104 Å². The van der Waals surface area contributed by atoms with E-state index in [4.69, 9.17) is 0 Å². The van der Waals surface area contributed by atoms with Crippen LogP contribution in [0.3, 0.4) is 0 Å². The molecule has 0 saturated carbocycles. The maximum atomic E-state index is 11.3. The number of hydrogen-bond donors (Lipinski definition) is 1. The van der Waals surface area contributed by atoms with Gasteiger partial charge in [0.25, 0.3) is 0 Å².